The number of aliphatic hydroxyl groups is 2. The Kier molecular flexibility index (Phi) is 66.8. The van der Waals surface area contributed by atoms with E-state index in [-0.39, 0.29) is 132 Å². The molecule has 0 rings (SSSR count). The average molecular weight is 2000 g/mol. The summed E-state index contributed by atoms with van der Waals surface area (Å²) in [7, 11) is 0. The SMILES string of the molecule is CC(C)C[C@H](NC(=O)[C@H](CO)NC(=O)[C@@H](CO)NC(=O)[C@H](CC(C)C)NC(=O)[C@H](CCCN=C(N)N)NC(=O)[C@H](CCCN=C(N)N)NC(=O)[C@H](CCCN=C(N)N)NC(=O)[C@H](CCCCN)NC(=O)[C@H](C)N)C(=O)N[C@@H](CCCN=C(N)N)C(=O)N[C@@H](C)C(=O)O.O=C(O)C(F)(F)F.O=C(O)C(F)(F)F.O=C(O)C(F)(F)F.O=C(O)C(F)(F)F.O=C(O)C(F)(F)F.O=C(O)C(F)(F)F. The summed E-state index contributed by atoms with van der Waals surface area (Å²) < 4.78 is 190. The van der Waals surface area contributed by atoms with Crippen molar-refractivity contribution < 1.29 is 206 Å². The Bertz CT molecular complexity index is 3660. The van der Waals surface area contributed by atoms with Crippen LogP contribution in [0.15, 0.2) is 20.0 Å². The van der Waals surface area contributed by atoms with Crippen LogP contribution in [-0.4, -0.2) is 320 Å². The highest BCUT2D eigenvalue weighted by Crippen LogP contribution is 2.19. The number of nitrogens with zero attached hydrogens (tertiary/aromatic N) is 4. The Balaban J connectivity index is -0.000000622. The Hall–Kier alpha value is -13.4. The molecule has 10 amide bonds. The van der Waals surface area contributed by atoms with E-state index in [1.807, 2.05) is 0 Å². The van der Waals surface area contributed by atoms with Crippen molar-refractivity contribution in [2.75, 3.05) is 45.9 Å². The minimum atomic E-state index is -5.08. The quantitative estimate of drug-likeness (QED) is 0.0117. The number of carboxylic acids is 7. The first-order chi connectivity index (χ1) is 60.8. The smallest absolute Gasteiger partial charge is 0.480 e. The van der Waals surface area contributed by atoms with E-state index < -0.39 is 218 Å². The molecule has 134 heavy (non-hydrogen) atoms. The highest BCUT2D eigenvalue weighted by Gasteiger charge is 2.43. The second-order valence-electron chi connectivity index (χ2n) is 27.4. The molecule has 0 fully saturated rings. The van der Waals surface area contributed by atoms with E-state index in [4.69, 9.17) is 117 Å². The Morgan fingerprint density at radius 3 is 0.597 bits per heavy atom. The number of hydrogen-bond donors (Lipinski definition) is 29. The van der Waals surface area contributed by atoms with Gasteiger partial charge in [0.25, 0.3) is 0 Å². The number of aliphatic hydroxyl groups excluding tert-OH is 2. The van der Waals surface area contributed by atoms with E-state index in [0.717, 1.165) is 0 Å². The first kappa shape index (κ1) is 134. The molecule has 0 aliphatic carbocycles. The lowest BCUT2D eigenvalue weighted by Crippen LogP contribution is -2.61. The van der Waals surface area contributed by atoms with Crippen LogP contribution in [0, 0.1) is 11.8 Å². The van der Waals surface area contributed by atoms with Crippen LogP contribution in [-0.2, 0) is 81.5 Å². The van der Waals surface area contributed by atoms with Gasteiger partial charge in [-0.1, -0.05) is 27.7 Å². The third-order valence-corrected chi connectivity index (χ3v) is 14.8. The molecule has 0 spiro atoms. The fourth-order valence-corrected chi connectivity index (χ4v) is 8.50. The average Bonchev–Trinajstić information content (AvgIpc) is 0.857. The first-order valence-electron chi connectivity index (χ1n) is 37.8. The Morgan fingerprint density at radius 1 is 0.269 bits per heavy atom. The molecule has 0 aromatic rings. The number of aliphatic imine (C=N–C) groups is 4. The number of halogens is 18. The summed E-state index contributed by atoms with van der Waals surface area (Å²) in [6.45, 7) is 7.57. The molecule has 0 heterocycles. The first-order valence-corrected chi connectivity index (χ1v) is 37.8. The van der Waals surface area contributed by atoms with E-state index in [9.17, 15) is 147 Å². The van der Waals surface area contributed by atoms with Crippen molar-refractivity contribution in [2.45, 2.75) is 229 Å². The molecular formula is C66H110F18N24O26. The van der Waals surface area contributed by atoms with Gasteiger partial charge in [0.2, 0.25) is 59.1 Å². The fraction of sp³-hybridized carbons (Fsp3) is 0.682. The zero-order chi connectivity index (χ0) is 107. The number of nitrogens with one attached hydrogen (secondary N) is 10. The molecule has 50 nitrogen and oxygen atoms in total. The molecule has 0 aromatic heterocycles. The molecule has 0 aromatic carbocycles. The summed E-state index contributed by atoms with van der Waals surface area (Å²) in [5.74, 6) is -28.8. The summed E-state index contributed by atoms with van der Waals surface area (Å²) in [5, 5.41) is 97.8. The van der Waals surface area contributed by atoms with Crippen molar-refractivity contribution >= 4 is 125 Å². The molecule has 68 heteroatoms. The van der Waals surface area contributed by atoms with Gasteiger partial charge in [-0.2, -0.15) is 79.0 Å². The van der Waals surface area contributed by atoms with Gasteiger partial charge in [0.15, 0.2) is 23.8 Å². The van der Waals surface area contributed by atoms with Crippen LogP contribution < -0.4 is 111 Å². The van der Waals surface area contributed by atoms with E-state index >= 15 is 0 Å². The van der Waals surface area contributed by atoms with Crippen LogP contribution in [0.2, 0.25) is 0 Å². The van der Waals surface area contributed by atoms with E-state index in [1.54, 1.807) is 27.7 Å². The minimum absolute atomic E-state index is 0.0236. The standard InChI is InChI=1S/C54H104N24O14.6C2HF3O2/c1-27(2)23-36(46(87)74-32(14-9-19-65-51(57)58)41(82)69-30(6)50(91)92)76-48(89)38(25-79)78-49(90)39(26-80)77-47(88)37(24-28(3)4)75-45(86)35(17-12-22-68-54(63)64)73-44(85)34(16-11-21-67-53(61)62)72-43(84)33(15-10-20-66-52(59)60)71-42(83)31(13-7-8-18-55)70-40(81)29(5)56;6*3-2(4,5)1(6)7/h27-39,79-80H,7-26,55-56H2,1-6H3,(H,69,82)(H,70,81)(H,71,83)(H,72,84)(H,73,85)(H,74,87)(H,75,86)(H,76,89)(H,77,88)(H,78,90)(H,91,92)(H4,57,58,65)(H4,59,60,66)(H4,61,62,67)(H4,63,64,68);6*(H,6,7)/t29-,30-,31-,32-,33-,34-,35-,36-,37-,38-,39+;;;;;;/m0....../s1. The van der Waals surface area contributed by atoms with Crippen LogP contribution in [0.5, 0.6) is 0 Å². The highest BCUT2D eigenvalue weighted by atomic mass is 19.4. The van der Waals surface area contributed by atoms with Gasteiger partial charge in [-0.05, 0) is 116 Å². The maximum atomic E-state index is 14.5. The molecule has 0 saturated carbocycles. The Labute approximate surface area is 746 Å². The van der Waals surface area contributed by atoms with Crippen molar-refractivity contribution in [1.82, 2.24) is 53.2 Å². The minimum Gasteiger partial charge on any atom is -0.480 e. The number of carbonyl (C=O) groups is 17. The summed E-state index contributed by atoms with van der Waals surface area (Å²) in [5.41, 5.74) is 55.4. The number of carboxylic acid groups (broad SMARTS) is 7. The third-order valence-electron chi connectivity index (χ3n) is 14.8. The fourth-order valence-electron chi connectivity index (χ4n) is 8.50. The monoisotopic (exact) mass is 2000 g/mol. The molecule has 0 saturated heterocycles. The number of alkyl halides is 18. The predicted molar refractivity (Wildman–Crippen MR) is 424 cm³/mol. The second-order valence-corrected chi connectivity index (χ2v) is 27.4. The Morgan fingerprint density at radius 2 is 0.433 bits per heavy atom. The van der Waals surface area contributed by atoms with Crippen LogP contribution in [0.3, 0.4) is 0 Å². The van der Waals surface area contributed by atoms with Crippen LogP contribution >= 0.6 is 0 Å². The van der Waals surface area contributed by atoms with E-state index in [2.05, 4.69) is 73.1 Å². The number of carbonyl (C=O) groups excluding carboxylic acids is 10. The molecule has 0 bridgehead atoms. The van der Waals surface area contributed by atoms with Gasteiger partial charge in [0, 0.05) is 26.2 Å². The predicted octanol–water partition coefficient (Wildman–Crippen LogP) is -5.49. The summed E-state index contributed by atoms with van der Waals surface area (Å²) in [4.78, 5) is 219. The summed E-state index contributed by atoms with van der Waals surface area (Å²) >= 11 is 0. The number of guanidine groups is 4. The van der Waals surface area contributed by atoms with Gasteiger partial charge in [-0.25, -0.2) is 28.8 Å². The van der Waals surface area contributed by atoms with E-state index in [1.165, 1.54) is 13.8 Å². The summed E-state index contributed by atoms with van der Waals surface area (Å²) in [6.07, 6.45) is -29.7. The van der Waals surface area contributed by atoms with Crippen molar-refractivity contribution in [1.29, 1.82) is 0 Å². The van der Waals surface area contributed by atoms with Crippen LogP contribution in [0.25, 0.3) is 0 Å². The normalized spacial score (nSPS) is 13.5. The van der Waals surface area contributed by atoms with Crippen LogP contribution in [0.4, 0.5) is 79.0 Å². The van der Waals surface area contributed by atoms with Crippen molar-refractivity contribution in [2.24, 2.45) is 89.1 Å². The number of hydrogen-bond acceptors (Lipinski definition) is 25. The lowest BCUT2D eigenvalue weighted by molar-refractivity contribution is -0.193. The van der Waals surface area contributed by atoms with Gasteiger partial charge < -0.3 is 156 Å². The highest BCUT2D eigenvalue weighted by molar-refractivity contribution is 5.99. The molecule has 0 radical (unpaired) electrons. The van der Waals surface area contributed by atoms with Crippen LogP contribution in [0.1, 0.15) is 125 Å². The lowest BCUT2D eigenvalue weighted by atomic mass is 10.0. The summed E-state index contributed by atoms with van der Waals surface area (Å²) in [6, 6.07) is -15.7. The number of unbranched alkanes of at least 4 members (excludes halogenated alkanes) is 1. The molecule has 0 aliphatic heterocycles. The van der Waals surface area contributed by atoms with E-state index in [0.29, 0.717) is 19.4 Å². The van der Waals surface area contributed by atoms with Crippen molar-refractivity contribution in [3.8, 4) is 0 Å². The molecular weight excluding hydrogens is 1890 g/mol. The maximum absolute atomic E-state index is 14.5. The van der Waals surface area contributed by atoms with Gasteiger partial charge in [0.05, 0.1) is 19.3 Å². The largest absolute Gasteiger partial charge is 0.490 e. The molecule has 0 aliphatic rings. The molecule has 0 unspecified atom stereocenters. The van der Waals surface area contributed by atoms with Gasteiger partial charge in [-0.3, -0.25) is 72.7 Å². The number of amides is 10. The number of aliphatic carboxylic acids is 7. The number of nitrogens with two attached hydrogens (primary N) is 10. The zero-order valence-electron chi connectivity index (χ0n) is 71.5. The van der Waals surface area contributed by atoms with Gasteiger partial charge in [0.1, 0.15) is 60.4 Å². The number of rotatable bonds is 47. The zero-order valence-corrected chi connectivity index (χ0v) is 71.5. The van der Waals surface area contributed by atoms with Crippen molar-refractivity contribution in [3.05, 3.63) is 0 Å². The molecule has 39 N–H and O–H groups in total. The third kappa shape index (κ3) is 71.4. The van der Waals surface area contributed by atoms with Gasteiger partial charge in [-0.15, -0.1) is 0 Å². The lowest BCUT2D eigenvalue weighted by Gasteiger charge is -2.28. The topological polar surface area (TPSA) is 902 Å². The second kappa shape index (κ2) is 66.9. The molecule has 776 valence electrons. The maximum Gasteiger partial charge on any atom is 0.490 e. The van der Waals surface area contributed by atoms with Crippen molar-refractivity contribution in [3.63, 3.8) is 0 Å². The molecule has 11 atom stereocenters. The van der Waals surface area contributed by atoms with Gasteiger partial charge >= 0.3 is 78.8 Å².